The Kier molecular flexibility index (Phi) is 3.37. The summed E-state index contributed by atoms with van der Waals surface area (Å²) >= 11 is 0. The largest absolute Gasteiger partial charge is 0.383 e. The van der Waals surface area contributed by atoms with Crippen molar-refractivity contribution in [1.82, 2.24) is 4.57 Å². The Morgan fingerprint density at radius 2 is 2.00 bits per heavy atom. The minimum Gasteiger partial charge on any atom is -0.383 e. The lowest BCUT2D eigenvalue weighted by atomic mass is 10.1. The Labute approximate surface area is 135 Å². The smallest absolute Gasteiger partial charge is 0.193 e. The van der Waals surface area contributed by atoms with Gasteiger partial charge in [0, 0.05) is 29.8 Å². The van der Waals surface area contributed by atoms with Gasteiger partial charge in [-0.1, -0.05) is 24.3 Å². The molecule has 0 amide bonds. The van der Waals surface area contributed by atoms with Crippen molar-refractivity contribution in [3.63, 3.8) is 0 Å². The van der Waals surface area contributed by atoms with Crippen LogP contribution in [0.4, 0.5) is 0 Å². The number of amidine groups is 1. The zero-order valence-corrected chi connectivity index (χ0v) is 13.3. The van der Waals surface area contributed by atoms with Crippen LogP contribution in [0.15, 0.2) is 60.0 Å². The van der Waals surface area contributed by atoms with Crippen LogP contribution in [0.2, 0.25) is 0 Å². The van der Waals surface area contributed by atoms with Gasteiger partial charge in [0.05, 0.1) is 6.04 Å². The summed E-state index contributed by atoms with van der Waals surface area (Å²) < 4.78 is 4.35. The number of pyridine rings is 1. The number of nitrogens with two attached hydrogens (primary N) is 1. The van der Waals surface area contributed by atoms with Gasteiger partial charge in [-0.05, 0) is 24.5 Å². The molecule has 0 spiro atoms. The van der Waals surface area contributed by atoms with Crippen LogP contribution >= 0.6 is 0 Å². The van der Waals surface area contributed by atoms with E-state index in [1.165, 1.54) is 29.3 Å². The molecule has 4 rings (SSSR count). The molecule has 1 aliphatic carbocycles. The summed E-state index contributed by atoms with van der Waals surface area (Å²) in [6.07, 6.45) is 8.72. The molecular weight excluding hydrogens is 284 g/mol. The number of hydrogen-bond donors (Lipinski definition) is 1. The fourth-order valence-electron chi connectivity index (χ4n) is 2.82. The average Bonchev–Trinajstić information content (AvgIpc) is 3.29. The first-order chi connectivity index (χ1) is 11.2. The van der Waals surface area contributed by atoms with Gasteiger partial charge >= 0.3 is 0 Å². The highest BCUT2D eigenvalue weighted by Gasteiger charge is 2.20. The SMILES string of the molecule is C[n+]1ccc2ccn(Cc3ccc(C(N)=NC4CC4)cc3)c2c1. The van der Waals surface area contributed by atoms with E-state index in [2.05, 4.69) is 69.1 Å². The summed E-state index contributed by atoms with van der Waals surface area (Å²) in [5.74, 6) is 0.664. The first-order valence-electron chi connectivity index (χ1n) is 8.06. The molecule has 0 atom stereocenters. The zero-order valence-electron chi connectivity index (χ0n) is 13.3. The summed E-state index contributed by atoms with van der Waals surface area (Å²) in [6.45, 7) is 0.855. The van der Waals surface area contributed by atoms with E-state index >= 15 is 0 Å². The monoisotopic (exact) mass is 305 g/mol. The van der Waals surface area contributed by atoms with Gasteiger partial charge in [0.1, 0.15) is 18.4 Å². The number of aryl methyl sites for hydroxylation is 1. The second kappa shape index (κ2) is 5.54. The van der Waals surface area contributed by atoms with Crippen molar-refractivity contribution in [2.45, 2.75) is 25.4 Å². The van der Waals surface area contributed by atoms with Crippen molar-refractivity contribution in [2.24, 2.45) is 17.8 Å². The number of fused-ring (bicyclic) bond motifs is 1. The van der Waals surface area contributed by atoms with Crippen LogP contribution in [0.3, 0.4) is 0 Å². The Morgan fingerprint density at radius 3 is 2.74 bits per heavy atom. The van der Waals surface area contributed by atoms with Crippen LogP contribution in [0.5, 0.6) is 0 Å². The molecule has 116 valence electrons. The molecule has 2 aromatic heterocycles. The van der Waals surface area contributed by atoms with E-state index in [9.17, 15) is 0 Å². The third kappa shape index (κ3) is 2.97. The third-order valence-corrected chi connectivity index (χ3v) is 4.33. The van der Waals surface area contributed by atoms with E-state index in [4.69, 9.17) is 5.73 Å². The molecule has 1 saturated carbocycles. The van der Waals surface area contributed by atoms with Gasteiger partial charge in [0.15, 0.2) is 12.4 Å². The summed E-state index contributed by atoms with van der Waals surface area (Å²) in [7, 11) is 2.05. The number of benzene rings is 1. The van der Waals surface area contributed by atoms with Crippen molar-refractivity contribution in [1.29, 1.82) is 0 Å². The highest BCUT2D eigenvalue weighted by Crippen LogP contribution is 2.24. The van der Waals surface area contributed by atoms with E-state index in [1.807, 2.05) is 7.05 Å². The molecule has 4 heteroatoms. The average molecular weight is 305 g/mol. The van der Waals surface area contributed by atoms with E-state index in [-0.39, 0.29) is 0 Å². The molecule has 0 aliphatic heterocycles. The van der Waals surface area contributed by atoms with E-state index in [0.717, 1.165) is 12.1 Å². The van der Waals surface area contributed by atoms with Gasteiger partial charge in [-0.15, -0.1) is 0 Å². The van der Waals surface area contributed by atoms with Crippen molar-refractivity contribution in [2.75, 3.05) is 0 Å². The van der Waals surface area contributed by atoms with E-state index < -0.39 is 0 Å². The Hall–Kier alpha value is -2.62. The molecular formula is C19H21N4+. The van der Waals surface area contributed by atoms with Crippen LogP contribution in [-0.2, 0) is 13.6 Å². The van der Waals surface area contributed by atoms with Gasteiger partial charge in [-0.2, -0.15) is 0 Å². The molecule has 23 heavy (non-hydrogen) atoms. The van der Waals surface area contributed by atoms with Crippen molar-refractivity contribution in [3.8, 4) is 0 Å². The number of rotatable bonds is 4. The summed E-state index contributed by atoms with van der Waals surface area (Å²) in [5.41, 5.74) is 9.58. The lowest BCUT2D eigenvalue weighted by Gasteiger charge is -2.07. The first kappa shape index (κ1) is 14.0. The Morgan fingerprint density at radius 1 is 1.22 bits per heavy atom. The van der Waals surface area contributed by atoms with Crippen LogP contribution < -0.4 is 10.3 Å². The predicted octanol–water partition coefficient (Wildman–Crippen LogP) is 2.38. The third-order valence-electron chi connectivity index (χ3n) is 4.33. The standard InChI is InChI=1S/C19H21N4/c1-22-10-8-15-9-11-23(18(15)13-22)12-14-2-4-16(5-3-14)19(20)21-17-6-7-17/h2-5,8-11,13,17H,6-7,12H2,1H3,(H2,20,21)/q+1. The highest BCUT2D eigenvalue weighted by atomic mass is 15.0. The minimum absolute atomic E-state index is 0.460. The van der Waals surface area contributed by atoms with Crippen molar-refractivity contribution < 1.29 is 4.57 Å². The molecule has 0 unspecified atom stereocenters. The maximum Gasteiger partial charge on any atom is 0.193 e. The summed E-state index contributed by atoms with van der Waals surface area (Å²) in [4.78, 5) is 4.50. The number of nitrogens with zero attached hydrogens (tertiary/aromatic N) is 3. The normalized spacial score (nSPS) is 15.3. The Bertz CT molecular complexity index is 870. The van der Waals surface area contributed by atoms with Gasteiger partial charge in [0.2, 0.25) is 0 Å². The molecule has 3 aromatic rings. The van der Waals surface area contributed by atoms with Crippen LogP contribution in [-0.4, -0.2) is 16.4 Å². The number of aliphatic imine (C=N–C) groups is 1. The topological polar surface area (TPSA) is 47.2 Å². The fraction of sp³-hybridized carbons (Fsp3) is 0.263. The van der Waals surface area contributed by atoms with Gasteiger partial charge in [-0.3, -0.25) is 4.99 Å². The van der Waals surface area contributed by atoms with Crippen LogP contribution in [0.25, 0.3) is 10.9 Å². The molecule has 1 aromatic carbocycles. The Balaban J connectivity index is 1.57. The second-order valence-corrected chi connectivity index (χ2v) is 6.34. The molecule has 2 N–H and O–H groups in total. The van der Waals surface area contributed by atoms with Crippen LogP contribution in [0.1, 0.15) is 24.0 Å². The van der Waals surface area contributed by atoms with Crippen LogP contribution in [0, 0.1) is 0 Å². The van der Waals surface area contributed by atoms with Gasteiger partial charge < -0.3 is 10.3 Å². The minimum atomic E-state index is 0.460. The highest BCUT2D eigenvalue weighted by molar-refractivity contribution is 5.97. The lowest BCUT2D eigenvalue weighted by Crippen LogP contribution is -2.26. The molecule has 0 saturated heterocycles. The molecule has 1 fully saturated rings. The summed E-state index contributed by atoms with van der Waals surface area (Å²) in [6, 6.07) is 13.2. The predicted molar refractivity (Wildman–Crippen MR) is 92.4 cm³/mol. The molecule has 1 aliphatic rings. The maximum absolute atomic E-state index is 6.06. The van der Waals surface area contributed by atoms with Gasteiger partial charge in [-0.25, -0.2) is 4.57 Å². The lowest BCUT2D eigenvalue weighted by molar-refractivity contribution is -0.670. The van der Waals surface area contributed by atoms with E-state index in [1.54, 1.807) is 0 Å². The maximum atomic E-state index is 6.06. The molecule has 0 radical (unpaired) electrons. The second-order valence-electron chi connectivity index (χ2n) is 6.34. The molecule has 4 nitrogen and oxygen atoms in total. The quantitative estimate of drug-likeness (QED) is 0.449. The van der Waals surface area contributed by atoms with E-state index in [0.29, 0.717) is 11.9 Å². The zero-order chi connectivity index (χ0) is 15.8. The molecule has 2 heterocycles. The van der Waals surface area contributed by atoms with Crippen molar-refractivity contribution >= 4 is 16.7 Å². The number of hydrogen-bond acceptors (Lipinski definition) is 1. The number of aromatic nitrogens is 2. The first-order valence-corrected chi connectivity index (χ1v) is 8.06. The van der Waals surface area contributed by atoms with Crippen molar-refractivity contribution in [3.05, 3.63) is 66.1 Å². The van der Waals surface area contributed by atoms with Gasteiger partial charge in [0.25, 0.3) is 0 Å². The summed E-state index contributed by atoms with van der Waals surface area (Å²) in [5, 5.41) is 1.26. The molecule has 0 bridgehead atoms. The fourth-order valence-corrected chi connectivity index (χ4v) is 2.82.